The number of nitrogens with zero attached hydrogens (tertiary/aromatic N) is 11. The molecule has 4 N–H and O–H groups in total. The van der Waals surface area contributed by atoms with Crippen LogP contribution in [0, 0.1) is 42.4 Å². The summed E-state index contributed by atoms with van der Waals surface area (Å²) in [5, 5.41) is 36.0. The van der Waals surface area contributed by atoms with Crippen molar-refractivity contribution in [3.8, 4) is 21.6 Å². The average molecular weight is 1380 g/mol. The largest absolute Gasteiger partial charge is 0.391 e. The molecule has 8 heterocycles. The molecule has 3 aliphatic heterocycles. The molecule has 14 rings (SSSR count). The number of benzene rings is 2. The maximum atomic E-state index is 15.2. The molecule has 6 fully saturated rings. The second-order valence-corrected chi connectivity index (χ2v) is 33.8. The number of carbonyl (C=O) groups excluding carboxylic acids is 4. The van der Waals surface area contributed by atoms with Crippen LogP contribution in [-0.4, -0.2) is 155 Å². The number of aromatic nitrogens is 7. The minimum atomic E-state index is -0.902. The smallest absolute Gasteiger partial charge is 0.272 e. The molecule has 5 aromatic heterocycles. The van der Waals surface area contributed by atoms with E-state index >= 15 is 4.79 Å². The van der Waals surface area contributed by atoms with E-state index in [1.54, 1.807) is 22.7 Å². The Morgan fingerprint density at radius 2 is 1.57 bits per heavy atom. The summed E-state index contributed by atoms with van der Waals surface area (Å²) in [6, 6.07) is 18.1. The van der Waals surface area contributed by atoms with Crippen molar-refractivity contribution in [2.45, 2.75) is 214 Å². The Bertz CT molecular complexity index is 4050. The van der Waals surface area contributed by atoms with E-state index in [1.807, 2.05) is 107 Å². The Kier molecular flexibility index (Phi) is 20.3. The van der Waals surface area contributed by atoms with Crippen LogP contribution in [0.3, 0.4) is 0 Å². The van der Waals surface area contributed by atoms with Crippen molar-refractivity contribution in [1.82, 2.24) is 60.3 Å². The first-order valence-electron chi connectivity index (χ1n) is 36.4. The molecular weight excluding hydrogens is 1280 g/mol. The van der Waals surface area contributed by atoms with Gasteiger partial charge < -0.3 is 45.4 Å². The summed E-state index contributed by atoms with van der Waals surface area (Å²) in [6.45, 7) is 25.1. The molecule has 2 unspecified atom stereocenters. The zero-order valence-corrected chi connectivity index (χ0v) is 61.5. The number of rotatable bonds is 26. The standard InChI is InChI=1S/C77H102N14O6S2/c1-49-56-22-21-35-89(68(56)86-85-67(49)84-72-81-59-23-16-17-24-61(59)99-72)62-31-30-57(58-39-79-91(52(58)4)47-76-42-74(8)41-75(9,43-76)45-77(44-74,46-76)97-37-36-88-33-19-20-34-88)64(82-62)70(95)87(10)32-18-14-12-11-13-15-25-63(93)83-66(73(5,6)7)71(96)90-40-55(92)38-60(90)69(94)80-50(2)53-26-28-54(29-27-53)65-51(3)78-48-98-65/h16-17,23-24,26-31,39,48,50,55,60,66,92H,11-15,18-22,25,32-38,40-47H2,1-10H3,(H,80,94)(H,83,93)(H,81,84,85)/t50-,55+,60-,66+,74?,75?,76?,77?/m0/s1. The number of aryl methyl sites for hydroxylation is 1. The van der Waals surface area contributed by atoms with Crippen molar-refractivity contribution >= 4 is 79.1 Å². The lowest BCUT2D eigenvalue weighted by atomic mass is 9.39. The third-order valence-corrected chi connectivity index (χ3v) is 24.3. The molecule has 0 radical (unpaired) electrons. The highest BCUT2D eigenvalue weighted by Crippen LogP contribution is 2.72. The summed E-state index contributed by atoms with van der Waals surface area (Å²) in [5.74, 6) is 0.961. The highest BCUT2D eigenvalue weighted by atomic mass is 32.1. The number of ether oxygens (including phenoxy) is 1. The molecule has 2 aromatic carbocycles. The maximum Gasteiger partial charge on any atom is 0.272 e. The topological polar surface area (TPSA) is 229 Å². The number of amides is 4. The number of thiazole rings is 2. The number of unbranched alkanes of at least 4 members (excludes halogenated alkanes) is 5. The van der Waals surface area contributed by atoms with E-state index < -0.39 is 23.6 Å². The van der Waals surface area contributed by atoms with Crippen LogP contribution in [0.4, 0.5) is 22.6 Å². The number of nitrogens with one attached hydrogen (secondary N) is 3. The van der Waals surface area contributed by atoms with E-state index in [0.29, 0.717) is 36.8 Å². The number of hydrogen-bond donors (Lipinski definition) is 4. The summed E-state index contributed by atoms with van der Waals surface area (Å²) in [5.41, 5.74) is 10.6. The van der Waals surface area contributed by atoms with Gasteiger partial charge >= 0.3 is 0 Å². The lowest BCUT2D eigenvalue weighted by Crippen LogP contribution is -2.64. The minimum Gasteiger partial charge on any atom is -0.391 e. The van der Waals surface area contributed by atoms with E-state index in [9.17, 15) is 19.5 Å². The normalized spacial score (nSPS) is 24.2. The third kappa shape index (κ3) is 15.2. The van der Waals surface area contributed by atoms with Crippen molar-refractivity contribution < 1.29 is 29.0 Å². The van der Waals surface area contributed by atoms with Crippen LogP contribution in [-0.2, 0) is 32.1 Å². The molecule has 4 bridgehead atoms. The summed E-state index contributed by atoms with van der Waals surface area (Å²) < 4.78 is 10.5. The van der Waals surface area contributed by atoms with Gasteiger partial charge in [-0.2, -0.15) is 5.10 Å². The lowest BCUT2D eigenvalue weighted by molar-refractivity contribution is -0.248. The predicted molar refractivity (Wildman–Crippen MR) is 392 cm³/mol. The van der Waals surface area contributed by atoms with Crippen LogP contribution in [0.15, 0.2) is 72.4 Å². The number of para-hydroxylation sites is 1. The average Bonchev–Trinajstić information content (AvgIpc) is 0.977. The van der Waals surface area contributed by atoms with Gasteiger partial charge in [-0.05, 0) is 175 Å². The van der Waals surface area contributed by atoms with Gasteiger partial charge in [-0.1, -0.05) is 108 Å². The fraction of sp³-hybridized carbons (Fsp3) is 0.584. The first-order valence-corrected chi connectivity index (χ1v) is 38.1. The van der Waals surface area contributed by atoms with E-state index in [-0.39, 0.29) is 70.9 Å². The molecule has 20 nitrogen and oxygen atoms in total. The lowest BCUT2D eigenvalue weighted by Gasteiger charge is -2.69. The number of aliphatic hydroxyl groups excluding tert-OH is 1. The second-order valence-electron chi connectivity index (χ2n) is 32.0. The number of aliphatic hydroxyl groups is 1. The van der Waals surface area contributed by atoms with Gasteiger partial charge in [0.15, 0.2) is 16.8 Å². The molecule has 4 saturated carbocycles. The molecule has 2 saturated heterocycles. The molecule has 22 heteroatoms. The van der Waals surface area contributed by atoms with Crippen LogP contribution in [0.5, 0.6) is 0 Å². The molecule has 4 aliphatic carbocycles. The van der Waals surface area contributed by atoms with E-state index in [0.717, 1.165) is 168 Å². The van der Waals surface area contributed by atoms with E-state index in [1.165, 1.54) is 37.3 Å². The summed E-state index contributed by atoms with van der Waals surface area (Å²) >= 11 is 3.17. The first-order chi connectivity index (χ1) is 47.4. The fourth-order valence-electron chi connectivity index (χ4n) is 18.5. The molecule has 7 aliphatic rings. The van der Waals surface area contributed by atoms with Crippen LogP contribution in [0.25, 0.3) is 31.8 Å². The fourth-order valence-corrected chi connectivity index (χ4v) is 20.2. The Labute approximate surface area is 591 Å². The Balaban J connectivity index is 0.646. The number of fused-ring (bicyclic) bond motifs is 2. The monoisotopic (exact) mass is 1380 g/mol. The molecule has 0 spiro atoms. The Morgan fingerprint density at radius 1 is 0.828 bits per heavy atom. The van der Waals surface area contributed by atoms with Crippen LogP contribution >= 0.6 is 22.7 Å². The summed E-state index contributed by atoms with van der Waals surface area (Å²) in [6.07, 6.45) is 17.6. The van der Waals surface area contributed by atoms with Gasteiger partial charge in [0.1, 0.15) is 23.6 Å². The SMILES string of the molecule is Cc1ncsc1-c1ccc([C@H](C)NC(=O)[C@@H]2C[C@@H](O)CN2C(=O)[C@@H](NC(=O)CCCCCCCCN(C)C(=O)c2nc(N3CCCc4c3nnc(Nc3nc5ccccc5s3)c4C)ccc2-c2cnn(CC34CC5(C)CC(C)(C3)CC(OCCN3CCCC3)(C5)C4)c2C)C(C)(C)C)cc1. The van der Waals surface area contributed by atoms with Gasteiger partial charge in [0.05, 0.1) is 56.8 Å². The number of anilines is 4. The zero-order valence-electron chi connectivity index (χ0n) is 59.8. The van der Waals surface area contributed by atoms with Gasteiger partial charge in [0.2, 0.25) is 17.7 Å². The highest BCUT2D eigenvalue weighted by molar-refractivity contribution is 7.22. The van der Waals surface area contributed by atoms with Crippen molar-refractivity contribution in [3.63, 3.8) is 0 Å². The van der Waals surface area contributed by atoms with Gasteiger partial charge in [-0.25, -0.2) is 15.0 Å². The highest BCUT2D eigenvalue weighted by Gasteiger charge is 2.66. The first kappa shape index (κ1) is 70.2. The van der Waals surface area contributed by atoms with Crippen LogP contribution in [0.2, 0.25) is 0 Å². The molecule has 4 amide bonds. The minimum absolute atomic E-state index is 0.00582. The van der Waals surface area contributed by atoms with Gasteiger partial charge in [-0.3, -0.25) is 23.9 Å². The van der Waals surface area contributed by atoms with Crippen molar-refractivity contribution in [2.24, 2.45) is 21.7 Å². The summed E-state index contributed by atoms with van der Waals surface area (Å²) in [4.78, 5) is 80.8. The molecular formula is C77H102N14O6S2. The van der Waals surface area contributed by atoms with Gasteiger partial charge in [0, 0.05) is 80.6 Å². The van der Waals surface area contributed by atoms with Crippen LogP contribution in [0.1, 0.15) is 195 Å². The number of carbonyl (C=O) groups is 4. The van der Waals surface area contributed by atoms with Gasteiger partial charge in [0.25, 0.3) is 5.91 Å². The van der Waals surface area contributed by atoms with E-state index in [4.69, 9.17) is 30.0 Å². The molecule has 528 valence electrons. The number of likely N-dealkylation sites (tertiary alicyclic amines) is 2. The number of pyridine rings is 1. The number of β-amino-alcohol motifs (C(OH)–C–C–N with tert-alkyl or cyclic N) is 1. The summed E-state index contributed by atoms with van der Waals surface area (Å²) in [7, 11) is 1.88. The molecule has 99 heavy (non-hydrogen) atoms. The third-order valence-electron chi connectivity index (χ3n) is 22.4. The van der Waals surface area contributed by atoms with Crippen LogP contribution < -0.4 is 20.9 Å². The molecule has 6 atom stereocenters. The van der Waals surface area contributed by atoms with Crippen molar-refractivity contribution in [2.75, 3.05) is 63.1 Å². The maximum absolute atomic E-state index is 15.2. The van der Waals surface area contributed by atoms with Gasteiger partial charge in [-0.15, -0.1) is 21.5 Å². The van der Waals surface area contributed by atoms with E-state index in [2.05, 4.69) is 75.2 Å². The Hall–Kier alpha value is -7.24. The quantitative estimate of drug-likeness (QED) is 0.0370. The number of hydrogen-bond acceptors (Lipinski definition) is 17. The molecule has 7 aromatic rings. The predicted octanol–water partition coefficient (Wildman–Crippen LogP) is 13.6. The van der Waals surface area contributed by atoms with Crippen molar-refractivity contribution in [3.05, 3.63) is 106 Å². The zero-order chi connectivity index (χ0) is 69.6. The van der Waals surface area contributed by atoms with Crippen molar-refractivity contribution in [1.29, 1.82) is 0 Å². The Morgan fingerprint density at radius 3 is 2.29 bits per heavy atom. The second kappa shape index (κ2) is 28.6.